The minimum Gasteiger partial charge on any atom is -0.385 e. The molecule has 0 aliphatic rings. The number of nitrogens with one attached hydrogen (secondary N) is 1. The van der Waals surface area contributed by atoms with Crippen LogP contribution in [-0.4, -0.2) is 11.9 Å². The molecule has 0 atom stereocenters. The lowest BCUT2D eigenvalue weighted by Crippen LogP contribution is -2.01. The van der Waals surface area contributed by atoms with Gasteiger partial charge in [-0.05, 0) is 25.5 Å². The number of halogens is 1. The lowest BCUT2D eigenvalue weighted by atomic mass is 10.2. The number of hydrogen-bond acceptors (Lipinski definition) is 1. The van der Waals surface area contributed by atoms with Crippen molar-refractivity contribution in [1.82, 2.24) is 0 Å². The SMILES string of the molecule is Cc1ccc(NCCCBr)cc1. The fourth-order valence-electron chi connectivity index (χ4n) is 0.971. The number of anilines is 1. The molecule has 66 valence electrons. The highest BCUT2D eigenvalue weighted by Crippen LogP contribution is 2.08. The maximum absolute atomic E-state index is 3.39. The summed E-state index contributed by atoms with van der Waals surface area (Å²) in [6.45, 7) is 3.14. The summed E-state index contributed by atoms with van der Waals surface area (Å²) in [5, 5.41) is 4.40. The van der Waals surface area contributed by atoms with Crippen molar-refractivity contribution in [2.75, 3.05) is 17.2 Å². The first kappa shape index (κ1) is 9.59. The minimum absolute atomic E-state index is 1.04. The average Bonchev–Trinajstić information content (AvgIpc) is 2.09. The van der Waals surface area contributed by atoms with E-state index in [0.717, 1.165) is 18.3 Å². The van der Waals surface area contributed by atoms with Gasteiger partial charge in [-0.1, -0.05) is 33.6 Å². The molecule has 12 heavy (non-hydrogen) atoms. The molecule has 2 heteroatoms. The zero-order valence-electron chi connectivity index (χ0n) is 7.31. The molecule has 0 aliphatic carbocycles. The molecular weight excluding hydrogens is 214 g/mol. The predicted molar refractivity (Wildman–Crippen MR) is 58.1 cm³/mol. The van der Waals surface area contributed by atoms with Gasteiger partial charge in [0.15, 0.2) is 0 Å². The molecule has 0 aromatic heterocycles. The first-order chi connectivity index (χ1) is 5.83. The van der Waals surface area contributed by atoms with Gasteiger partial charge >= 0.3 is 0 Å². The van der Waals surface area contributed by atoms with E-state index < -0.39 is 0 Å². The van der Waals surface area contributed by atoms with Gasteiger partial charge in [0.1, 0.15) is 0 Å². The van der Waals surface area contributed by atoms with E-state index in [4.69, 9.17) is 0 Å². The van der Waals surface area contributed by atoms with Crippen molar-refractivity contribution in [3.05, 3.63) is 29.8 Å². The first-order valence-corrected chi connectivity index (χ1v) is 5.31. The number of benzene rings is 1. The first-order valence-electron chi connectivity index (χ1n) is 4.19. The van der Waals surface area contributed by atoms with Crippen LogP contribution in [0.3, 0.4) is 0 Å². The minimum atomic E-state index is 1.04. The van der Waals surface area contributed by atoms with Crippen LogP contribution in [0.5, 0.6) is 0 Å². The van der Waals surface area contributed by atoms with Gasteiger partial charge in [0.05, 0.1) is 0 Å². The highest BCUT2D eigenvalue weighted by molar-refractivity contribution is 9.09. The third kappa shape index (κ3) is 3.26. The maximum Gasteiger partial charge on any atom is 0.0340 e. The van der Waals surface area contributed by atoms with E-state index in [0.29, 0.717) is 0 Å². The third-order valence-electron chi connectivity index (χ3n) is 1.69. The molecule has 0 heterocycles. The summed E-state index contributed by atoms with van der Waals surface area (Å²) in [5.74, 6) is 0. The van der Waals surface area contributed by atoms with Crippen molar-refractivity contribution in [3.63, 3.8) is 0 Å². The Bertz CT molecular complexity index is 218. The largest absolute Gasteiger partial charge is 0.385 e. The molecule has 0 radical (unpaired) electrons. The van der Waals surface area contributed by atoms with E-state index in [1.165, 1.54) is 11.3 Å². The van der Waals surface area contributed by atoms with Crippen molar-refractivity contribution < 1.29 is 0 Å². The lowest BCUT2D eigenvalue weighted by molar-refractivity contribution is 0.999. The zero-order chi connectivity index (χ0) is 8.81. The van der Waals surface area contributed by atoms with E-state index >= 15 is 0 Å². The summed E-state index contributed by atoms with van der Waals surface area (Å²) in [5.41, 5.74) is 2.52. The molecular formula is C10H14BrN. The number of alkyl halides is 1. The van der Waals surface area contributed by atoms with E-state index in [1.807, 2.05) is 0 Å². The highest BCUT2D eigenvalue weighted by atomic mass is 79.9. The van der Waals surface area contributed by atoms with Crippen LogP contribution in [0.1, 0.15) is 12.0 Å². The van der Waals surface area contributed by atoms with Crippen molar-refractivity contribution >= 4 is 21.6 Å². The molecule has 1 rings (SSSR count). The molecule has 0 aliphatic heterocycles. The molecule has 0 amide bonds. The molecule has 0 spiro atoms. The third-order valence-corrected chi connectivity index (χ3v) is 2.25. The van der Waals surface area contributed by atoms with Gasteiger partial charge in [-0.25, -0.2) is 0 Å². The second-order valence-electron chi connectivity index (χ2n) is 2.84. The number of aryl methyl sites for hydroxylation is 1. The van der Waals surface area contributed by atoms with Gasteiger partial charge in [-0.3, -0.25) is 0 Å². The molecule has 0 unspecified atom stereocenters. The molecule has 0 saturated carbocycles. The van der Waals surface area contributed by atoms with E-state index in [-0.39, 0.29) is 0 Å². The topological polar surface area (TPSA) is 12.0 Å². The van der Waals surface area contributed by atoms with E-state index in [2.05, 4.69) is 52.4 Å². The molecule has 0 bridgehead atoms. The predicted octanol–water partition coefficient (Wildman–Crippen LogP) is 3.19. The lowest BCUT2D eigenvalue weighted by Gasteiger charge is -2.04. The Hall–Kier alpha value is -0.500. The summed E-state index contributed by atoms with van der Waals surface area (Å²) >= 11 is 3.39. The monoisotopic (exact) mass is 227 g/mol. The van der Waals surface area contributed by atoms with Crippen LogP contribution in [0.25, 0.3) is 0 Å². The summed E-state index contributed by atoms with van der Waals surface area (Å²) in [6, 6.07) is 8.47. The Morgan fingerprint density at radius 2 is 1.92 bits per heavy atom. The summed E-state index contributed by atoms with van der Waals surface area (Å²) in [4.78, 5) is 0. The molecule has 1 N–H and O–H groups in total. The molecule has 1 nitrogen and oxygen atoms in total. The van der Waals surface area contributed by atoms with Crippen molar-refractivity contribution in [2.45, 2.75) is 13.3 Å². The van der Waals surface area contributed by atoms with Crippen LogP contribution >= 0.6 is 15.9 Å². The van der Waals surface area contributed by atoms with Gasteiger partial charge in [-0.2, -0.15) is 0 Å². The molecule has 0 fully saturated rings. The van der Waals surface area contributed by atoms with Crippen LogP contribution in [0.4, 0.5) is 5.69 Å². The van der Waals surface area contributed by atoms with Crippen molar-refractivity contribution in [3.8, 4) is 0 Å². The summed E-state index contributed by atoms with van der Waals surface area (Å²) < 4.78 is 0. The number of rotatable bonds is 4. The second-order valence-corrected chi connectivity index (χ2v) is 3.63. The summed E-state index contributed by atoms with van der Waals surface area (Å²) in [6.07, 6.45) is 1.16. The van der Waals surface area contributed by atoms with Gasteiger partial charge in [0.25, 0.3) is 0 Å². The Morgan fingerprint density at radius 3 is 2.50 bits per heavy atom. The van der Waals surface area contributed by atoms with Gasteiger partial charge < -0.3 is 5.32 Å². The Labute approximate surface area is 82.3 Å². The Kier molecular flexibility index (Phi) is 4.15. The van der Waals surface area contributed by atoms with Crippen LogP contribution < -0.4 is 5.32 Å². The maximum atomic E-state index is 3.39. The zero-order valence-corrected chi connectivity index (χ0v) is 8.89. The molecule has 1 aromatic carbocycles. The fourth-order valence-corrected chi connectivity index (χ4v) is 1.25. The molecule has 0 saturated heterocycles. The second kappa shape index (κ2) is 5.20. The van der Waals surface area contributed by atoms with Crippen molar-refractivity contribution in [1.29, 1.82) is 0 Å². The standard InChI is InChI=1S/C10H14BrN/c1-9-3-5-10(6-4-9)12-8-2-7-11/h3-6,12H,2,7-8H2,1H3. The highest BCUT2D eigenvalue weighted by Gasteiger charge is 1.89. The number of hydrogen-bond donors (Lipinski definition) is 1. The van der Waals surface area contributed by atoms with Crippen LogP contribution in [0, 0.1) is 6.92 Å². The van der Waals surface area contributed by atoms with Gasteiger partial charge in [0.2, 0.25) is 0 Å². The quantitative estimate of drug-likeness (QED) is 0.616. The van der Waals surface area contributed by atoms with Crippen LogP contribution in [-0.2, 0) is 0 Å². The Balaban J connectivity index is 2.37. The molecule has 1 aromatic rings. The normalized spacial score (nSPS) is 9.83. The van der Waals surface area contributed by atoms with Crippen LogP contribution in [0.2, 0.25) is 0 Å². The van der Waals surface area contributed by atoms with Crippen molar-refractivity contribution in [2.24, 2.45) is 0 Å². The van der Waals surface area contributed by atoms with E-state index in [1.54, 1.807) is 0 Å². The Morgan fingerprint density at radius 1 is 1.25 bits per heavy atom. The average molecular weight is 228 g/mol. The van der Waals surface area contributed by atoms with Gasteiger partial charge in [-0.15, -0.1) is 0 Å². The fraction of sp³-hybridized carbons (Fsp3) is 0.400. The smallest absolute Gasteiger partial charge is 0.0340 e. The van der Waals surface area contributed by atoms with Gasteiger partial charge in [0, 0.05) is 17.6 Å². The van der Waals surface area contributed by atoms with E-state index in [9.17, 15) is 0 Å². The van der Waals surface area contributed by atoms with Crippen LogP contribution in [0.15, 0.2) is 24.3 Å². The summed E-state index contributed by atoms with van der Waals surface area (Å²) in [7, 11) is 0.